The number of unbranched alkanes of at least 4 members (excludes halogenated alkanes) is 4. The molecule has 0 spiro atoms. The molecule has 0 bridgehead atoms. The van der Waals surface area contributed by atoms with Gasteiger partial charge in [0.05, 0.1) is 6.42 Å². The van der Waals surface area contributed by atoms with Crippen molar-refractivity contribution < 1.29 is 9.59 Å². The molecule has 1 aromatic rings. The molecule has 104 valence electrons. The van der Waals surface area contributed by atoms with Gasteiger partial charge in [-0.05, 0) is 12.5 Å². The molecule has 0 radical (unpaired) electrons. The maximum Gasteiger partial charge on any atom is 0.171 e. The van der Waals surface area contributed by atoms with Crippen LogP contribution in [0.5, 0.6) is 0 Å². The van der Waals surface area contributed by atoms with Crippen molar-refractivity contribution in [3.63, 3.8) is 0 Å². The minimum Gasteiger partial charge on any atom is -0.299 e. The molecular weight excluding hydrogens is 304 g/mol. The highest BCUT2D eigenvalue weighted by Crippen LogP contribution is 2.18. The minimum absolute atomic E-state index is 0.0242. The van der Waals surface area contributed by atoms with E-state index in [1.807, 2.05) is 18.2 Å². The largest absolute Gasteiger partial charge is 0.299 e. The van der Waals surface area contributed by atoms with Crippen molar-refractivity contribution in [3.8, 4) is 0 Å². The van der Waals surface area contributed by atoms with E-state index in [1.54, 1.807) is 6.07 Å². The molecule has 0 unspecified atom stereocenters. The molecule has 0 aromatic heterocycles. The van der Waals surface area contributed by atoms with E-state index in [0.29, 0.717) is 12.0 Å². The first-order valence-electron chi connectivity index (χ1n) is 6.94. The van der Waals surface area contributed by atoms with Crippen molar-refractivity contribution in [3.05, 3.63) is 34.3 Å². The van der Waals surface area contributed by atoms with Gasteiger partial charge in [-0.15, -0.1) is 0 Å². The summed E-state index contributed by atoms with van der Waals surface area (Å²) in [6.07, 6.45) is 6.15. The second-order valence-corrected chi connectivity index (χ2v) is 5.64. The van der Waals surface area contributed by atoms with E-state index < -0.39 is 0 Å². The van der Waals surface area contributed by atoms with Crippen molar-refractivity contribution in [2.24, 2.45) is 0 Å². The summed E-state index contributed by atoms with van der Waals surface area (Å²) in [6.45, 7) is 2.17. The van der Waals surface area contributed by atoms with Crippen molar-refractivity contribution >= 4 is 27.5 Å². The van der Waals surface area contributed by atoms with Crippen LogP contribution in [0, 0.1) is 0 Å². The van der Waals surface area contributed by atoms with Crippen LogP contribution < -0.4 is 0 Å². The number of hydrogen-bond acceptors (Lipinski definition) is 2. The Morgan fingerprint density at radius 3 is 2.42 bits per heavy atom. The monoisotopic (exact) mass is 324 g/mol. The molecule has 1 rings (SSSR count). The Kier molecular flexibility index (Phi) is 7.65. The molecule has 0 atom stereocenters. The van der Waals surface area contributed by atoms with Crippen LogP contribution in [0.1, 0.15) is 62.2 Å². The van der Waals surface area contributed by atoms with Gasteiger partial charge in [0.25, 0.3) is 0 Å². The van der Waals surface area contributed by atoms with Crippen molar-refractivity contribution in [2.75, 3.05) is 0 Å². The summed E-state index contributed by atoms with van der Waals surface area (Å²) in [4.78, 5) is 23.7. The van der Waals surface area contributed by atoms with Gasteiger partial charge < -0.3 is 0 Å². The molecule has 0 aliphatic heterocycles. The van der Waals surface area contributed by atoms with Crippen LogP contribution in [0.15, 0.2) is 28.7 Å². The molecule has 0 amide bonds. The Morgan fingerprint density at radius 1 is 1.05 bits per heavy atom. The fourth-order valence-electron chi connectivity index (χ4n) is 1.98. The van der Waals surface area contributed by atoms with Crippen molar-refractivity contribution in [1.29, 1.82) is 0 Å². The van der Waals surface area contributed by atoms with Crippen LogP contribution in [0.25, 0.3) is 0 Å². The lowest BCUT2D eigenvalue weighted by atomic mass is 10.0. The first-order chi connectivity index (χ1) is 9.15. The topological polar surface area (TPSA) is 34.1 Å². The lowest BCUT2D eigenvalue weighted by molar-refractivity contribution is -0.118. The normalized spacial score (nSPS) is 10.4. The molecule has 19 heavy (non-hydrogen) atoms. The highest BCUT2D eigenvalue weighted by molar-refractivity contribution is 9.10. The van der Waals surface area contributed by atoms with Gasteiger partial charge in [0.2, 0.25) is 0 Å². The smallest absolute Gasteiger partial charge is 0.171 e. The number of benzene rings is 1. The van der Waals surface area contributed by atoms with E-state index >= 15 is 0 Å². The van der Waals surface area contributed by atoms with Crippen molar-refractivity contribution in [2.45, 2.75) is 51.9 Å². The van der Waals surface area contributed by atoms with E-state index in [0.717, 1.165) is 17.3 Å². The SMILES string of the molecule is CCCCCCCC(=O)CC(=O)c1ccccc1Br. The number of carbonyl (C=O) groups is 2. The number of halogens is 1. The molecule has 0 aliphatic carbocycles. The second kappa shape index (κ2) is 9.03. The Hall–Kier alpha value is -0.960. The van der Waals surface area contributed by atoms with Gasteiger partial charge >= 0.3 is 0 Å². The minimum atomic E-state index is -0.0916. The molecule has 1 aromatic carbocycles. The van der Waals surface area contributed by atoms with Gasteiger partial charge in [-0.1, -0.05) is 66.7 Å². The maximum atomic E-state index is 12.0. The van der Waals surface area contributed by atoms with Crippen LogP contribution in [-0.4, -0.2) is 11.6 Å². The Balaban J connectivity index is 2.32. The van der Waals surface area contributed by atoms with Gasteiger partial charge in [-0.25, -0.2) is 0 Å². The lowest BCUT2D eigenvalue weighted by Crippen LogP contribution is -2.08. The molecule has 0 saturated heterocycles. The molecule has 0 saturated carbocycles. The third-order valence-corrected chi connectivity index (χ3v) is 3.78. The fourth-order valence-corrected chi connectivity index (χ4v) is 2.48. The maximum absolute atomic E-state index is 12.0. The Bertz CT molecular complexity index is 427. The summed E-state index contributed by atoms with van der Waals surface area (Å²) < 4.78 is 0.760. The van der Waals surface area contributed by atoms with Gasteiger partial charge in [0.15, 0.2) is 5.78 Å². The van der Waals surface area contributed by atoms with E-state index in [4.69, 9.17) is 0 Å². The molecule has 0 N–H and O–H groups in total. The second-order valence-electron chi connectivity index (χ2n) is 4.78. The first-order valence-corrected chi connectivity index (χ1v) is 7.74. The zero-order valence-corrected chi connectivity index (χ0v) is 13.0. The lowest BCUT2D eigenvalue weighted by Gasteiger charge is -2.03. The van der Waals surface area contributed by atoms with Crippen LogP contribution in [0.4, 0.5) is 0 Å². The predicted octanol–water partition coefficient (Wildman–Crippen LogP) is 4.95. The Labute approximate surface area is 123 Å². The number of hydrogen-bond donors (Lipinski definition) is 0. The summed E-state index contributed by atoms with van der Waals surface area (Å²) >= 11 is 3.34. The number of carbonyl (C=O) groups excluding carboxylic acids is 2. The third-order valence-electron chi connectivity index (χ3n) is 3.09. The fraction of sp³-hybridized carbons (Fsp3) is 0.500. The highest BCUT2D eigenvalue weighted by atomic mass is 79.9. The summed E-state index contributed by atoms with van der Waals surface area (Å²) in [5.41, 5.74) is 0.599. The molecule has 2 nitrogen and oxygen atoms in total. The Morgan fingerprint density at radius 2 is 1.74 bits per heavy atom. The average molecular weight is 325 g/mol. The highest BCUT2D eigenvalue weighted by Gasteiger charge is 2.13. The molecule has 0 heterocycles. The molecule has 0 fully saturated rings. The molecular formula is C16H21BrO2. The van der Waals surface area contributed by atoms with Gasteiger partial charge in [0, 0.05) is 16.5 Å². The first kappa shape index (κ1) is 16.1. The zero-order valence-electron chi connectivity index (χ0n) is 11.5. The van der Waals surface area contributed by atoms with Crippen LogP contribution in [0.3, 0.4) is 0 Å². The number of ketones is 2. The summed E-state index contributed by atoms with van der Waals surface area (Å²) in [5, 5.41) is 0. The summed E-state index contributed by atoms with van der Waals surface area (Å²) in [6, 6.07) is 7.24. The number of rotatable bonds is 9. The van der Waals surface area contributed by atoms with Gasteiger partial charge in [0.1, 0.15) is 5.78 Å². The zero-order chi connectivity index (χ0) is 14.1. The van der Waals surface area contributed by atoms with Crippen molar-refractivity contribution in [1.82, 2.24) is 0 Å². The molecule has 0 aliphatic rings. The van der Waals surface area contributed by atoms with E-state index in [9.17, 15) is 9.59 Å². The summed E-state index contributed by atoms with van der Waals surface area (Å²) in [7, 11) is 0. The standard InChI is InChI=1S/C16H21BrO2/c1-2-3-4-5-6-9-13(18)12-16(19)14-10-7-8-11-15(14)17/h7-8,10-11H,2-6,9,12H2,1H3. The van der Waals surface area contributed by atoms with E-state index in [-0.39, 0.29) is 18.0 Å². The number of Topliss-reactive ketones (excluding diaryl/α,β-unsaturated/α-hetero) is 2. The molecule has 3 heteroatoms. The average Bonchev–Trinajstić information content (AvgIpc) is 2.39. The van der Waals surface area contributed by atoms with E-state index in [1.165, 1.54) is 19.3 Å². The summed E-state index contributed by atoms with van der Waals surface area (Å²) in [5.74, 6) is -0.0386. The van der Waals surface area contributed by atoms with Gasteiger partial charge in [-0.3, -0.25) is 9.59 Å². The van der Waals surface area contributed by atoms with E-state index in [2.05, 4.69) is 22.9 Å². The van der Waals surface area contributed by atoms with Crippen LogP contribution in [-0.2, 0) is 4.79 Å². The van der Waals surface area contributed by atoms with Crippen LogP contribution >= 0.6 is 15.9 Å². The predicted molar refractivity (Wildman–Crippen MR) is 81.5 cm³/mol. The van der Waals surface area contributed by atoms with Gasteiger partial charge in [-0.2, -0.15) is 0 Å². The van der Waals surface area contributed by atoms with Crippen LogP contribution in [0.2, 0.25) is 0 Å². The third kappa shape index (κ3) is 6.15. The quantitative estimate of drug-likeness (QED) is 0.366.